The molecule has 1 aromatic heterocycles. The molecule has 0 radical (unpaired) electrons. The van der Waals surface area contributed by atoms with Crippen molar-refractivity contribution in [2.24, 2.45) is 5.92 Å². The van der Waals surface area contributed by atoms with Crippen LogP contribution in [0.2, 0.25) is 0 Å². The fourth-order valence-corrected chi connectivity index (χ4v) is 5.24. The molecule has 2 amide bonds. The standard InChI is InChI=1S/C26H36N2O3S/c1-21-14-15-24(32-21)19-28(18-22-10-5-3-6-11-22)25(29)20-27(16-9-17-31-2)26(30)23-12-7-4-8-13-23/h3,5-6,10-11,14-15,23H,4,7-9,12-13,16-20H2,1-2H3. The van der Waals surface area contributed by atoms with E-state index < -0.39 is 0 Å². The van der Waals surface area contributed by atoms with Crippen LogP contribution in [0, 0.1) is 12.8 Å². The number of thiophene rings is 1. The molecule has 5 nitrogen and oxygen atoms in total. The number of hydrogen-bond acceptors (Lipinski definition) is 4. The molecule has 1 aromatic carbocycles. The first-order valence-corrected chi connectivity index (χ1v) is 12.5. The molecular weight excluding hydrogens is 420 g/mol. The van der Waals surface area contributed by atoms with Gasteiger partial charge in [0.1, 0.15) is 0 Å². The first kappa shape index (κ1) is 24.5. The van der Waals surface area contributed by atoms with E-state index in [2.05, 4.69) is 19.1 Å². The Morgan fingerprint density at radius 1 is 1.00 bits per heavy atom. The van der Waals surface area contributed by atoms with Crippen molar-refractivity contribution in [2.75, 3.05) is 26.8 Å². The lowest BCUT2D eigenvalue weighted by molar-refractivity contribution is -0.144. The molecule has 0 spiro atoms. The number of methoxy groups -OCH3 is 1. The molecule has 3 rings (SSSR count). The van der Waals surface area contributed by atoms with Crippen LogP contribution in [0.5, 0.6) is 0 Å². The molecule has 6 heteroatoms. The zero-order valence-corrected chi connectivity index (χ0v) is 20.2. The Labute approximate surface area is 196 Å². The molecular formula is C26H36N2O3S. The van der Waals surface area contributed by atoms with Crippen molar-refractivity contribution in [1.29, 1.82) is 0 Å². The highest BCUT2D eigenvalue weighted by atomic mass is 32.1. The van der Waals surface area contributed by atoms with Crippen LogP contribution in [-0.4, -0.2) is 48.4 Å². The molecule has 2 aromatic rings. The molecule has 0 unspecified atom stereocenters. The minimum Gasteiger partial charge on any atom is -0.385 e. The van der Waals surface area contributed by atoms with Gasteiger partial charge in [0.05, 0.1) is 13.1 Å². The largest absolute Gasteiger partial charge is 0.385 e. The fraction of sp³-hybridized carbons (Fsp3) is 0.538. The maximum absolute atomic E-state index is 13.5. The molecule has 0 N–H and O–H groups in total. The van der Waals surface area contributed by atoms with Gasteiger partial charge in [-0.25, -0.2) is 0 Å². The summed E-state index contributed by atoms with van der Waals surface area (Å²) in [5.74, 6) is 0.198. The van der Waals surface area contributed by atoms with Crippen molar-refractivity contribution in [1.82, 2.24) is 9.80 Å². The van der Waals surface area contributed by atoms with Crippen molar-refractivity contribution >= 4 is 23.2 Å². The van der Waals surface area contributed by atoms with Crippen LogP contribution in [0.25, 0.3) is 0 Å². The van der Waals surface area contributed by atoms with E-state index in [1.54, 1.807) is 23.3 Å². The molecule has 32 heavy (non-hydrogen) atoms. The summed E-state index contributed by atoms with van der Waals surface area (Å²) in [5.41, 5.74) is 1.10. The predicted octanol–water partition coefficient (Wildman–Crippen LogP) is 5.03. The first-order valence-electron chi connectivity index (χ1n) is 11.7. The smallest absolute Gasteiger partial charge is 0.242 e. The van der Waals surface area contributed by atoms with Gasteiger partial charge in [-0.3, -0.25) is 9.59 Å². The van der Waals surface area contributed by atoms with E-state index in [0.717, 1.165) is 42.5 Å². The van der Waals surface area contributed by atoms with Crippen LogP contribution >= 0.6 is 11.3 Å². The lowest BCUT2D eigenvalue weighted by atomic mass is 9.88. The Kier molecular flexibility index (Phi) is 9.75. The van der Waals surface area contributed by atoms with E-state index in [1.165, 1.54) is 11.3 Å². The predicted molar refractivity (Wildman–Crippen MR) is 129 cm³/mol. The van der Waals surface area contributed by atoms with Gasteiger partial charge in [-0.2, -0.15) is 0 Å². The first-order chi connectivity index (χ1) is 15.6. The molecule has 1 heterocycles. The van der Waals surface area contributed by atoms with Crippen LogP contribution in [0.4, 0.5) is 0 Å². The monoisotopic (exact) mass is 456 g/mol. The lowest BCUT2D eigenvalue weighted by Gasteiger charge is -2.31. The second kappa shape index (κ2) is 12.8. The maximum Gasteiger partial charge on any atom is 0.242 e. The van der Waals surface area contributed by atoms with E-state index in [-0.39, 0.29) is 24.3 Å². The van der Waals surface area contributed by atoms with Crippen LogP contribution in [0.3, 0.4) is 0 Å². The average Bonchev–Trinajstić information content (AvgIpc) is 3.23. The van der Waals surface area contributed by atoms with Crippen LogP contribution in [0.15, 0.2) is 42.5 Å². The minimum absolute atomic E-state index is 0.00137. The number of hydrogen-bond donors (Lipinski definition) is 0. The van der Waals surface area contributed by atoms with Gasteiger partial charge in [-0.05, 0) is 43.9 Å². The Bertz CT molecular complexity index is 846. The van der Waals surface area contributed by atoms with Crippen molar-refractivity contribution in [3.63, 3.8) is 0 Å². The van der Waals surface area contributed by atoms with Gasteiger partial charge in [0.2, 0.25) is 11.8 Å². The van der Waals surface area contributed by atoms with E-state index in [9.17, 15) is 9.59 Å². The topological polar surface area (TPSA) is 49.9 Å². The van der Waals surface area contributed by atoms with E-state index in [1.807, 2.05) is 35.2 Å². The number of carbonyl (C=O) groups excluding carboxylic acids is 2. The second-order valence-corrected chi connectivity index (χ2v) is 10.1. The van der Waals surface area contributed by atoms with Crippen molar-refractivity contribution in [3.8, 4) is 0 Å². The van der Waals surface area contributed by atoms with Crippen LogP contribution < -0.4 is 0 Å². The van der Waals surface area contributed by atoms with Gasteiger partial charge < -0.3 is 14.5 Å². The normalized spacial score (nSPS) is 14.3. The Hall–Kier alpha value is -2.18. The third-order valence-corrected chi connectivity index (χ3v) is 7.07. The quantitative estimate of drug-likeness (QED) is 0.446. The number of benzene rings is 1. The van der Waals surface area contributed by atoms with Gasteiger partial charge in [0, 0.05) is 42.5 Å². The summed E-state index contributed by atoms with van der Waals surface area (Å²) < 4.78 is 5.20. The lowest BCUT2D eigenvalue weighted by Crippen LogP contribution is -2.45. The van der Waals surface area contributed by atoms with Gasteiger partial charge in [-0.1, -0.05) is 49.6 Å². The molecule has 1 saturated carbocycles. The summed E-state index contributed by atoms with van der Waals surface area (Å²) in [6, 6.07) is 14.3. The summed E-state index contributed by atoms with van der Waals surface area (Å²) in [6.45, 7) is 4.47. The number of nitrogens with zero attached hydrogens (tertiary/aromatic N) is 2. The Morgan fingerprint density at radius 3 is 2.41 bits per heavy atom. The maximum atomic E-state index is 13.5. The second-order valence-electron chi connectivity index (χ2n) is 8.69. The highest BCUT2D eigenvalue weighted by Crippen LogP contribution is 2.26. The van der Waals surface area contributed by atoms with Gasteiger partial charge in [0.25, 0.3) is 0 Å². The number of ether oxygens (including phenoxy) is 1. The van der Waals surface area contributed by atoms with E-state index in [4.69, 9.17) is 4.74 Å². The highest BCUT2D eigenvalue weighted by molar-refractivity contribution is 7.11. The van der Waals surface area contributed by atoms with Gasteiger partial charge in [0.15, 0.2) is 0 Å². The molecule has 1 aliphatic carbocycles. The van der Waals surface area contributed by atoms with Crippen molar-refractivity contribution in [3.05, 3.63) is 57.8 Å². The molecule has 0 aliphatic heterocycles. The zero-order valence-electron chi connectivity index (χ0n) is 19.4. The number of carbonyl (C=O) groups is 2. The number of rotatable bonds is 11. The molecule has 0 atom stereocenters. The number of aryl methyl sites for hydroxylation is 1. The molecule has 0 saturated heterocycles. The summed E-state index contributed by atoms with van der Waals surface area (Å²) in [7, 11) is 1.67. The highest BCUT2D eigenvalue weighted by Gasteiger charge is 2.28. The molecule has 1 aliphatic rings. The SMILES string of the molecule is COCCCN(CC(=O)N(Cc1ccccc1)Cc1ccc(C)s1)C(=O)C1CCCCC1. The number of amides is 2. The van der Waals surface area contributed by atoms with Gasteiger partial charge in [-0.15, -0.1) is 11.3 Å². The molecule has 174 valence electrons. The fourth-order valence-electron chi connectivity index (χ4n) is 4.33. The third kappa shape index (κ3) is 7.45. The summed E-state index contributed by atoms with van der Waals surface area (Å²) in [4.78, 5) is 32.9. The summed E-state index contributed by atoms with van der Waals surface area (Å²) >= 11 is 1.72. The van der Waals surface area contributed by atoms with Crippen molar-refractivity contribution < 1.29 is 14.3 Å². The van der Waals surface area contributed by atoms with Crippen LogP contribution in [-0.2, 0) is 27.4 Å². The van der Waals surface area contributed by atoms with Gasteiger partial charge >= 0.3 is 0 Å². The Balaban J connectivity index is 1.73. The summed E-state index contributed by atoms with van der Waals surface area (Å²) in [6.07, 6.45) is 6.04. The minimum atomic E-state index is 0.00137. The molecule has 1 fully saturated rings. The van der Waals surface area contributed by atoms with Crippen LogP contribution in [0.1, 0.15) is 53.8 Å². The molecule has 0 bridgehead atoms. The average molecular weight is 457 g/mol. The van der Waals surface area contributed by atoms with Crippen molar-refractivity contribution in [2.45, 2.75) is 58.5 Å². The zero-order chi connectivity index (χ0) is 22.8. The summed E-state index contributed by atoms with van der Waals surface area (Å²) in [5, 5.41) is 0. The Morgan fingerprint density at radius 2 is 1.75 bits per heavy atom. The third-order valence-electron chi connectivity index (χ3n) is 6.08. The van der Waals surface area contributed by atoms with E-state index >= 15 is 0 Å². The van der Waals surface area contributed by atoms with E-state index in [0.29, 0.717) is 26.2 Å².